The van der Waals surface area contributed by atoms with E-state index in [0.717, 1.165) is 0 Å². The minimum atomic E-state index is -3.91. The van der Waals surface area contributed by atoms with Crippen LogP contribution in [0, 0.1) is 5.82 Å². The van der Waals surface area contributed by atoms with E-state index in [4.69, 9.17) is 4.74 Å². The van der Waals surface area contributed by atoms with Gasteiger partial charge in [-0.1, -0.05) is 12.1 Å². The molecule has 0 aliphatic heterocycles. The third-order valence-corrected chi connectivity index (χ3v) is 5.99. The number of para-hydroxylation sites is 1. The van der Waals surface area contributed by atoms with Gasteiger partial charge >= 0.3 is 5.97 Å². The highest BCUT2D eigenvalue weighted by atomic mass is 32.2. The summed E-state index contributed by atoms with van der Waals surface area (Å²) in [4.78, 5) is 19.2. The smallest absolute Gasteiger partial charge is 0.338 e. The third-order valence-electron chi connectivity index (χ3n) is 4.61. The number of imidazole rings is 1. The zero-order valence-corrected chi connectivity index (χ0v) is 18.6. The number of rotatable bonds is 7. The van der Waals surface area contributed by atoms with E-state index in [0.29, 0.717) is 22.3 Å². The Kier molecular flexibility index (Phi) is 6.01. The fraction of sp³-hybridized carbons (Fsp3) is 0.130. The Morgan fingerprint density at radius 3 is 2.48 bits per heavy atom. The highest BCUT2D eigenvalue weighted by Crippen LogP contribution is 2.24. The maximum atomic E-state index is 13.9. The largest absolute Gasteiger partial charge is 0.459 e. The summed E-state index contributed by atoms with van der Waals surface area (Å²) in [6.07, 6.45) is -0.254. The predicted molar refractivity (Wildman–Crippen MR) is 124 cm³/mol. The number of esters is 1. The van der Waals surface area contributed by atoms with Crippen LogP contribution in [0.2, 0.25) is 0 Å². The first-order chi connectivity index (χ1) is 15.7. The molecule has 0 radical (unpaired) electrons. The van der Waals surface area contributed by atoms with Gasteiger partial charge in [-0.05, 0) is 68.4 Å². The van der Waals surface area contributed by atoms with E-state index in [1.807, 2.05) is 0 Å². The van der Waals surface area contributed by atoms with Crippen molar-refractivity contribution in [1.82, 2.24) is 9.97 Å². The maximum Gasteiger partial charge on any atom is 0.338 e. The van der Waals surface area contributed by atoms with E-state index in [-0.39, 0.29) is 22.6 Å². The topological polar surface area (TPSA) is 113 Å². The number of hydrogen-bond acceptors (Lipinski definition) is 6. The Bertz CT molecular complexity index is 1420. The van der Waals surface area contributed by atoms with Crippen LogP contribution in [0.5, 0.6) is 0 Å². The number of carbonyl (C=O) groups excluding carboxylic acids is 1. The summed E-state index contributed by atoms with van der Waals surface area (Å²) in [7, 11) is -3.91. The summed E-state index contributed by atoms with van der Waals surface area (Å²) in [5, 5.41) is 2.84. The van der Waals surface area contributed by atoms with Crippen molar-refractivity contribution in [2.24, 2.45) is 0 Å². The van der Waals surface area contributed by atoms with Crippen molar-refractivity contribution in [1.29, 1.82) is 0 Å². The summed E-state index contributed by atoms with van der Waals surface area (Å²) >= 11 is 0. The number of aromatic amines is 1. The molecule has 3 aromatic carbocycles. The van der Waals surface area contributed by atoms with Gasteiger partial charge in [0.25, 0.3) is 10.0 Å². The fourth-order valence-corrected chi connectivity index (χ4v) is 4.16. The second kappa shape index (κ2) is 8.91. The van der Waals surface area contributed by atoms with Gasteiger partial charge in [0.2, 0.25) is 5.95 Å². The van der Waals surface area contributed by atoms with Crippen molar-refractivity contribution in [2.75, 3.05) is 10.0 Å². The fourth-order valence-electron chi connectivity index (χ4n) is 3.08. The summed E-state index contributed by atoms with van der Waals surface area (Å²) in [6.45, 7) is 3.49. The van der Waals surface area contributed by atoms with Gasteiger partial charge in [-0.25, -0.2) is 22.6 Å². The number of H-pyrrole nitrogens is 1. The van der Waals surface area contributed by atoms with Gasteiger partial charge in [-0.2, -0.15) is 0 Å². The van der Waals surface area contributed by atoms with E-state index in [9.17, 15) is 17.6 Å². The van der Waals surface area contributed by atoms with Gasteiger partial charge in [-0.15, -0.1) is 0 Å². The number of benzene rings is 3. The van der Waals surface area contributed by atoms with Crippen LogP contribution in [0.1, 0.15) is 24.2 Å². The average molecular weight is 469 g/mol. The lowest BCUT2D eigenvalue weighted by Gasteiger charge is -2.10. The zero-order chi connectivity index (χ0) is 23.6. The molecule has 0 spiro atoms. The SMILES string of the molecule is CC(C)OC(=O)c1ccc(NS(=O)(=O)c2ccc3nc(Nc4ccccc4F)[nH]c3c2)cc1. The molecular weight excluding hydrogens is 447 g/mol. The molecule has 0 aliphatic carbocycles. The van der Waals surface area contributed by atoms with Gasteiger partial charge in [0.15, 0.2) is 0 Å². The van der Waals surface area contributed by atoms with E-state index < -0.39 is 21.8 Å². The standard InChI is InChI=1S/C23H21FN4O4S/c1-14(2)32-22(29)15-7-9-16(10-8-15)28-33(30,31)17-11-12-20-21(13-17)27-23(26-20)25-19-6-4-3-5-18(19)24/h3-14,28H,1-2H3,(H2,25,26,27). The Balaban J connectivity index is 1.52. The van der Waals surface area contributed by atoms with Gasteiger partial charge in [-0.3, -0.25) is 4.72 Å². The number of hydrogen-bond donors (Lipinski definition) is 3. The van der Waals surface area contributed by atoms with Crippen LogP contribution in [-0.2, 0) is 14.8 Å². The Hall–Kier alpha value is -3.92. The van der Waals surface area contributed by atoms with Gasteiger partial charge in [0.1, 0.15) is 5.82 Å². The number of aromatic nitrogens is 2. The summed E-state index contributed by atoms with van der Waals surface area (Å²) in [5.74, 6) is -0.640. The summed E-state index contributed by atoms with van der Waals surface area (Å²) < 4.78 is 47.2. The average Bonchev–Trinajstić information content (AvgIpc) is 3.17. The molecule has 0 aliphatic rings. The van der Waals surface area contributed by atoms with Crippen LogP contribution in [0.15, 0.2) is 71.6 Å². The normalized spacial score (nSPS) is 11.5. The van der Waals surface area contributed by atoms with Gasteiger partial charge in [0, 0.05) is 5.69 Å². The predicted octanol–water partition coefficient (Wildman–Crippen LogP) is 4.81. The Morgan fingerprint density at radius 2 is 1.79 bits per heavy atom. The molecule has 0 atom stereocenters. The monoisotopic (exact) mass is 468 g/mol. The first kappa shape index (κ1) is 22.3. The second-order valence-corrected chi connectivity index (χ2v) is 9.19. The summed E-state index contributed by atoms with van der Waals surface area (Å²) in [5.41, 5.74) is 1.83. The number of fused-ring (bicyclic) bond motifs is 1. The lowest BCUT2D eigenvalue weighted by Crippen LogP contribution is -2.14. The molecule has 4 rings (SSSR count). The minimum absolute atomic E-state index is 0.0133. The number of ether oxygens (including phenoxy) is 1. The molecule has 170 valence electrons. The molecule has 0 saturated heterocycles. The third kappa shape index (κ3) is 5.12. The number of halogens is 1. The van der Waals surface area contributed by atoms with Crippen LogP contribution in [0.4, 0.5) is 21.7 Å². The molecule has 0 unspecified atom stereocenters. The summed E-state index contributed by atoms with van der Waals surface area (Å²) in [6, 6.07) is 16.5. The molecule has 0 saturated carbocycles. The van der Waals surface area contributed by atoms with Gasteiger partial charge < -0.3 is 15.0 Å². The number of carbonyl (C=O) groups is 1. The van der Waals surface area contributed by atoms with Crippen LogP contribution in [0.3, 0.4) is 0 Å². The van der Waals surface area contributed by atoms with Crippen LogP contribution in [-0.4, -0.2) is 30.5 Å². The van der Waals surface area contributed by atoms with Gasteiger partial charge in [0.05, 0.1) is 33.3 Å². The molecule has 10 heteroatoms. The molecule has 3 N–H and O–H groups in total. The number of nitrogens with one attached hydrogen (secondary N) is 3. The molecule has 33 heavy (non-hydrogen) atoms. The second-order valence-electron chi connectivity index (χ2n) is 7.51. The lowest BCUT2D eigenvalue weighted by atomic mass is 10.2. The molecule has 1 heterocycles. The number of sulfonamides is 1. The Morgan fingerprint density at radius 1 is 1.06 bits per heavy atom. The molecular formula is C23H21FN4O4S. The molecule has 1 aromatic heterocycles. The van der Waals surface area contributed by atoms with Crippen molar-refractivity contribution in [3.8, 4) is 0 Å². The number of anilines is 3. The molecule has 0 amide bonds. The van der Waals surface area contributed by atoms with E-state index in [1.54, 1.807) is 38.1 Å². The molecule has 8 nitrogen and oxygen atoms in total. The molecule has 4 aromatic rings. The van der Waals surface area contributed by atoms with Crippen LogP contribution in [0.25, 0.3) is 11.0 Å². The zero-order valence-electron chi connectivity index (χ0n) is 17.8. The lowest BCUT2D eigenvalue weighted by molar-refractivity contribution is 0.0378. The van der Waals surface area contributed by atoms with Crippen molar-refractivity contribution in [2.45, 2.75) is 24.8 Å². The van der Waals surface area contributed by atoms with Crippen LogP contribution >= 0.6 is 0 Å². The van der Waals surface area contributed by atoms with E-state index in [1.165, 1.54) is 42.5 Å². The maximum absolute atomic E-state index is 13.9. The minimum Gasteiger partial charge on any atom is -0.459 e. The van der Waals surface area contributed by atoms with Crippen molar-refractivity contribution >= 4 is 44.3 Å². The first-order valence-corrected chi connectivity index (χ1v) is 11.5. The van der Waals surface area contributed by atoms with E-state index in [2.05, 4.69) is 20.0 Å². The Labute approximate surface area is 189 Å². The number of nitrogens with zero attached hydrogens (tertiary/aromatic N) is 1. The van der Waals surface area contributed by atoms with Crippen molar-refractivity contribution < 1.29 is 22.3 Å². The molecule has 0 bridgehead atoms. The van der Waals surface area contributed by atoms with Crippen LogP contribution < -0.4 is 10.0 Å². The highest BCUT2D eigenvalue weighted by molar-refractivity contribution is 7.92. The first-order valence-electron chi connectivity index (χ1n) is 10.1. The van der Waals surface area contributed by atoms with Crippen molar-refractivity contribution in [3.05, 3.63) is 78.1 Å². The van der Waals surface area contributed by atoms with E-state index >= 15 is 0 Å². The molecule has 0 fully saturated rings. The quantitative estimate of drug-likeness (QED) is 0.336. The highest BCUT2D eigenvalue weighted by Gasteiger charge is 2.17. The van der Waals surface area contributed by atoms with Crippen molar-refractivity contribution in [3.63, 3.8) is 0 Å².